The average molecular weight is 275 g/mol. The average Bonchev–Trinajstić information content (AvgIpc) is 2.32. The normalized spacial score (nSPS) is 10.7. The highest BCUT2D eigenvalue weighted by molar-refractivity contribution is 5.78. The number of carboxylic acid groups (broad SMARTS) is 2. The van der Waals surface area contributed by atoms with Gasteiger partial charge in [0.15, 0.2) is 0 Å². The number of carboxylic acids is 2. The molecule has 0 unspecified atom stereocenters. The number of aliphatic carboxylic acids is 2. The van der Waals surface area contributed by atoms with E-state index in [1.807, 2.05) is 6.92 Å². The molecule has 0 aromatic carbocycles. The van der Waals surface area contributed by atoms with E-state index in [4.69, 9.17) is 10.2 Å². The number of hydrogen-bond donors (Lipinski definition) is 3. The lowest BCUT2D eigenvalue weighted by atomic mass is 10.4. The summed E-state index contributed by atoms with van der Waals surface area (Å²) in [5.41, 5.74) is 0. The highest BCUT2D eigenvalue weighted by Gasteiger charge is 2.15. The second kappa shape index (κ2) is 9.29. The zero-order valence-corrected chi connectivity index (χ0v) is 11.3. The molecule has 0 bridgehead atoms. The van der Waals surface area contributed by atoms with Gasteiger partial charge >= 0.3 is 11.9 Å². The molecule has 110 valence electrons. The van der Waals surface area contributed by atoms with Crippen molar-refractivity contribution in [1.29, 1.82) is 0 Å². The molecular formula is C11H21N3O5. The minimum Gasteiger partial charge on any atom is -0.480 e. The second-order valence-corrected chi connectivity index (χ2v) is 4.04. The lowest BCUT2D eigenvalue weighted by molar-refractivity contribution is -0.140. The van der Waals surface area contributed by atoms with E-state index in [1.165, 1.54) is 11.9 Å². The van der Waals surface area contributed by atoms with Gasteiger partial charge in [-0.1, -0.05) is 6.92 Å². The van der Waals surface area contributed by atoms with Crippen LogP contribution in [-0.2, 0) is 14.4 Å². The Balaban J connectivity index is 4.33. The summed E-state index contributed by atoms with van der Waals surface area (Å²) >= 11 is 0. The maximum atomic E-state index is 11.2. The first-order chi connectivity index (χ1) is 8.88. The molecule has 0 radical (unpaired) electrons. The Labute approximate surface area is 112 Å². The summed E-state index contributed by atoms with van der Waals surface area (Å²) in [5, 5.41) is 19.9. The van der Waals surface area contributed by atoms with Gasteiger partial charge in [-0.15, -0.1) is 0 Å². The predicted molar refractivity (Wildman–Crippen MR) is 67.9 cm³/mol. The zero-order valence-electron chi connectivity index (χ0n) is 11.3. The summed E-state index contributed by atoms with van der Waals surface area (Å²) in [6, 6.07) is 0. The summed E-state index contributed by atoms with van der Waals surface area (Å²) < 4.78 is 0. The maximum Gasteiger partial charge on any atom is 0.317 e. The van der Waals surface area contributed by atoms with Crippen LogP contribution in [0.1, 0.15) is 6.92 Å². The van der Waals surface area contributed by atoms with Crippen molar-refractivity contribution in [3.63, 3.8) is 0 Å². The van der Waals surface area contributed by atoms with Gasteiger partial charge in [-0.05, 0) is 6.54 Å². The van der Waals surface area contributed by atoms with Crippen LogP contribution in [-0.4, -0.2) is 84.2 Å². The van der Waals surface area contributed by atoms with Crippen LogP contribution in [0.25, 0.3) is 0 Å². The van der Waals surface area contributed by atoms with Gasteiger partial charge < -0.3 is 15.5 Å². The van der Waals surface area contributed by atoms with Gasteiger partial charge in [-0.25, -0.2) is 0 Å². The highest BCUT2D eigenvalue weighted by atomic mass is 16.4. The fourth-order valence-corrected chi connectivity index (χ4v) is 1.51. The van der Waals surface area contributed by atoms with Crippen LogP contribution >= 0.6 is 0 Å². The first kappa shape index (κ1) is 17.3. The molecule has 0 saturated heterocycles. The topological polar surface area (TPSA) is 110 Å². The Morgan fingerprint density at radius 2 is 1.42 bits per heavy atom. The van der Waals surface area contributed by atoms with E-state index in [-0.39, 0.29) is 25.5 Å². The molecule has 0 saturated carbocycles. The molecule has 19 heavy (non-hydrogen) atoms. The Kier molecular flexibility index (Phi) is 8.47. The Bertz CT molecular complexity index is 321. The van der Waals surface area contributed by atoms with Crippen LogP contribution in [0.3, 0.4) is 0 Å². The first-order valence-electron chi connectivity index (χ1n) is 5.97. The molecular weight excluding hydrogens is 254 g/mol. The molecule has 0 aliphatic rings. The number of carbonyl (C=O) groups is 3. The third-order valence-electron chi connectivity index (χ3n) is 2.54. The van der Waals surface area contributed by atoms with Crippen molar-refractivity contribution < 1.29 is 24.6 Å². The van der Waals surface area contributed by atoms with Gasteiger partial charge in [0, 0.05) is 20.1 Å². The predicted octanol–water partition coefficient (Wildman–Crippen LogP) is -1.47. The number of likely N-dealkylation sites (N-methyl/N-ethyl adjacent to an activating group) is 2. The fourth-order valence-electron chi connectivity index (χ4n) is 1.51. The van der Waals surface area contributed by atoms with E-state index in [1.54, 1.807) is 4.90 Å². The van der Waals surface area contributed by atoms with Gasteiger partial charge in [0.05, 0.1) is 19.6 Å². The zero-order chi connectivity index (χ0) is 14.8. The van der Waals surface area contributed by atoms with Crippen molar-refractivity contribution in [1.82, 2.24) is 15.1 Å². The van der Waals surface area contributed by atoms with Crippen molar-refractivity contribution in [2.75, 3.05) is 46.3 Å². The quantitative estimate of drug-likeness (QED) is 0.446. The number of nitrogens with one attached hydrogen (secondary N) is 1. The van der Waals surface area contributed by atoms with Crippen LogP contribution in [0.2, 0.25) is 0 Å². The lowest BCUT2D eigenvalue weighted by Crippen LogP contribution is -2.43. The molecule has 8 heteroatoms. The van der Waals surface area contributed by atoms with E-state index in [0.29, 0.717) is 19.6 Å². The van der Waals surface area contributed by atoms with E-state index < -0.39 is 11.9 Å². The molecule has 3 N–H and O–H groups in total. The molecule has 0 aromatic rings. The number of hydrogen-bond acceptors (Lipinski definition) is 5. The summed E-state index contributed by atoms with van der Waals surface area (Å²) in [6.45, 7) is 2.72. The molecule has 0 fully saturated rings. The molecule has 1 amide bonds. The van der Waals surface area contributed by atoms with E-state index in [2.05, 4.69) is 5.32 Å². The van der Waals surface area contributed by atoms with Crippen LogP contribution in [0.5, 0.6) is 0 Å². The Hall–Kier alpha value is -1.67. The summed E-state index contributed by atoms with van der Waals surface area (Å²) in [4.78, 5) is 35.7. The lowest BCUT2D eigenvalue weighted by Gasteiger charge is -2.24. The van der Waals surface area contributed by atoms with Gasteiger partial charge in [-0.3, -0.25) is 24.2 Å². The third-order valence-corrected chi connectivity index (χ3v) is 2.54. The van der Waals surface area contributed by atoms with Crippen LogP contribution in [0.15, 0.2) is 0 Å². The third kappa shape index (κ3) is 8.97. The first-order valence-corrected chi connectivity index (χ1v) is 5.97. The molecule has 0 aliphatic heterocycles. The van der Waals surface area contributed by atoms with E-state index in [0.717, 1.165) is 0 Å². The van der Waals surface area contributed by atoms with E-state index in [9.17, 15) is 14.4 Å². The second-order valence-electron chi connectivity index (χ2n) is 4.04. The number of carbonyl (C=O) groups excluding carboxylic acids is 1. The molecule has 0 rings (SSSR count). The van der Waals surface area contributed by atoms with Crippen molar-refractivity contribution in [3.8, 4) is 0 Å². The monoisotopic (exact) mass is 275 g/mol. The largest absolute Gasteiger partial charge is 0.480 e. The fraction of sp³-hybridized carbons (Fsp3) is 0.727. The maximum absolute atomic E-state index is 11.2. The molecule has 0 atom stereocenters. The summed E-state index contributed by atoms with van der Waals surface area (Å²) in [6.07, 6.45) is 0. The minimum absolute atomic E-state index is 0.0204. The van der Waals surface area contributed by atoms with Gasteiger partial charge in [0.2, 0.25) is 5.91 Å². The highest BCUT2D eigenvalue weighted by Crippen LogP contribution is 1.93. The van der Waals surface area contributed by atoms with Crippen LogP contribution in [0, 0.1) is 0 Å². The standard InChI is InChI=1S/C11H21N3O5/c1-3-13(7-10(16)17)4-5-14(8-11(18)19)6-9(15)12-2/h3-8H2,1-2H3,(H,12,15)(H,16,17)(H,18,19). The SMILES string of the molecule is CCN(CCN(CC(=O)O)CC(=O)NC)CC(=O)O. The number of nitrogens with zero attached hydrogens (tertiary/aromatic N) is 2. The van der Waals surface area contributed by atoms with Crippen molar-refractivity contribution in [3.05, 3.63) is 0 Å². The molecule has 0 spiro atoms. The summed E-state index contributed by atoms with van der Waals surface area (Å²) in [7, 11) is 1.48. The molecule has 0 heterocycles. The number of amides is 1. The van der Waals surface area contributed by atoms with Crippen molar-refractivity contribution in [2.24, 2.45) is 0 Å². The van der Waals surface area contributed by atoms with Crippen LogP contribution in [0.4, 0.5) is 0 Å². The molecule has 0 aromatic heterocycles. The minimum atomic E-state index is -1.02. The smallest absolute Gasteiger partial charge is 0.317 e. The molecule has 8 nitrogen and oxygen atoms in total. The summed E-state index contributed by atoms with van der Waals surface area (Å²) in [5.74, 6) is -2.23. The Morgan fingerprint density at radius 1 is 0.947 bits per heavy atom. The number of rotatable bonds is 10. The van der Waals surface area contributed by atoms with Gasteiger partial charge in [-0.2, -0.15) is 0 Å². The van der Waals surface area contributed by atoms with Gasteiger partial charge in [0.25, 0.3) is 0 Å². The van der Waals surface area contributed by atoms with E-state index >= 15 is 0 Å². The van der Waals surface area contributed by atoms with Crippen molar-refractivity contribution in [2.45, 2.75) is 6.92 Å². The molecule has 0 aliphatic carbocycles. The Morgan fingerprint density at radius 3 is 1.84 bits per heavy atom. The van der Waals surface area contributed by atoms with Crippen molar-refractivity contribution >= 4 is 17.8 Å². The van der Waals surface area contributed by atoms with Gasteiger partial charge in [0.1, 0.15) is 0 Å². The van der Waals surface area contributed by atoms with Crippen LogP contribution < -0.4 is 5.32 Å².